The number of carbonyl (C=O) groups excluding carboxylic acids is 1. The highest BCUT2D eigenvalue weighted by Crippen LogP contribution is 2.33. The maximum Gasteiger partial charge on any atom is 0.326 e. The number of halogens is 1. The zero-order valence-corrected chi connectivity index (χ0v) is 12.0. The molecule has 2 amide bonds. The molecule has 1 aromatic rings. The number of rotatable bonds is 4. The Morgan fingerprint density at radius 3 is 2.68 bits per heavy atom. The number of carboxylic acids is 1. The summed E-state index contributed by atoms with van der Waals surface area (Å²) in [6, 6.07) is 4.20. The zero-order valence-electron chi connectivity index (χ0n) is 10.4. The smallest absolute Gasteiger partial charge is 0.326 e. The summed E-state index contributed by atoms with van der Waals surface area (Å²) in [6.07, 6.45) is 1.71. The van der Waals surface area contributed by atoms with E-state index in [4.69, 9.17) is 5.11 Å². The predicted molar refractivity (Wildman–Crippen MR) is 75.2 cm³/mol. The van der Waals surface area contributed by atoms with Crippen molar-refractivity contribution in [2.45, 2.75) is 25.8 Å². The third-order valence-corrected chi connectivity index (χ3v) is 4.14. The number of benzene rings is 1. The number of amides is 2. The van der Waals surface area contributed by atoms with Crippen LogP contribution in [0, 0.1) is 12.8 Å². The van der Waals surface area contributed by atoms with Gasteiger partial charge in [0.25, 0.3) is 0 Å². The largest absolute Gasteiger partial charge is 0.480 e. The second-order valence-electron chi connectivity index (χ2n) is 4.69. The number of carbonyl (C=O) groups is 2. The molecule has 0 radical (unpaired) electrons. The quantitative estimate of drug-likeness (QED) is 0.796. The van der Waals surface area contributed by atoms with Crippen LogP contribution in [0.5, 0.6) is 0 Å². The number of hydrogen-bond donors (Lipinski definition) is 3. The summed E-state index contributed by atoms with van der Waals surface area (Å²) in [5, 5.41) is 14.2. The number of urea groups is 1. The first-order chi connectivity index (χ1) is 8.99. The van der Waals surface area contributed by atoms with Gasteiger partial charge in [0, 0.05) is 4.47 Å². The van der Waals surface area contributed by atoms with Crippen molar-refractivity contribution in [1.29, 1.82) is 0 Å². The molecule has 1 atom stereocenters. The average Bonchev–Trinajstić information content (AvgIpc) is 3.16. The van der Waals surface area contributed by atoms with E-state index in [0.717, 1.165) is 22.9 Å². The summed E-state index contributed by atoms with van der Waals surface area (Å²) in [4.78, 5) is 22.9. The number of hydrogen-bond acceptors (Lipinski definition) is 2. The number of aliphatic carboxylic acids is 1. The van der Waals surface area contributed by atoms with Crippen LogP contribution in [-0.2, 0) is 4.79 Å². The highest BCUT2D eigenvalue weighted by atomic mass is 79.9. The summed E-state index contributed by atoms with van der Waals surface area (Å²) in [5.41, 5.74) is 1.62. The zero-order chi connectivity index (χ0) is 14.0. The van der Waals surface area contributed by atoms with Crippen LogP contribution in [0.4, 0.5) is 10.5 Å². The Morgan fingerprint density at radius 2 is 2.11 bits per heavy atom. The van der Waals surface area contributed by atoms with Crippen molar-refractivity contribution in [2.75, 3.05) is 5.32 Å². The molecule has 3 N–H and O–H groups in total. The van der Waals surface area contributed by atoms with Crippen molar-refractivity contribution in [1.82, 2.24) is 5.32 Å². The highest BCUT2D eigenvalue weighted by Gasteiger charge is 2.37. The van der Waals surface area contributed by atoms with Gasteiger partial charge >= 0.3 is 12.0 Å². The molecule has 0 heterocycles. The molecular formula is C13H15BrN2O3. The number of anilines is 1. The lowest BCUT2D eigenvalue weighted by molar-refractivity contribution is -0.139. The van der Waals surface area contributed by atoms with E-state index in [1.807, 2.05) is 19.1 Å². The molecule has 102 valence electrons. The van der Waals surface area contributed by atoms with Gasteiger partial charge in [-0.25, -0.2) is 9.59 Å². The molecule has 1 saturated carbocycles. The van der Waals surface area contributed by atoms with Crippen molar-refractivity contribution < 1.29 is 14.7 Å². The van der Waals surface area contributed by atoms with E-state index in [2.05, 4.69) is 26.6 Å². The van der Waals surface area contributed by atoms with Crippen LogP contribution in [0.15, 0.2) is 22.7 Å². The van der Waals surface area contributed by atoms with Gasteiger partial charge in [0.1, 0.15) is 6.04 Å². The number of carboxylic acid groups (broad SMARTS) is 1. The number of aryl methyl sites for hydroxylation is 1. The van der Waals surface area contributed by atoms with Crippen LogP contribution >= 0.6 is 15.9 Å². The minimum Gasteiger partial charge on any atom is -0.480 e. The molecule has 1 aromatic carbocycles. The van der Waals surface area contributed by atoms with Crippen LogP contribution in [0.1, 0.15) is 18.4 Å². The summed E-state index contributed by atoms with van der Waals surface area (Å²) in [6.45, 7) is 1.91. The highest BCUT2D eigenvalue weighted by molar-refractivity contribution is 9.10. The molecular weight excluding hydrogens is 312 g/mol. The molecule has 0 spiro atoms. The normalized spacial score (nSPS) is 15.7. The fourth-order valence-corrected chi connectivity index (χ4v) is 2.22. The Kier molecular flexibility index (Phi) is 4.09. The van der Waals surface area contributed by atoms with E-state index in [0.29, 0.717) is 5.69 Å². The fraction of sp³-hybridized carbons (Fsp3) is 0.385. The molecule has 1 aliphatic rings. The molecule has 2 rings (SSSR count). The minimum atomic E-state index is -0.985. The molecule has 0 aliphatic heterocycles. The molecule has 1 unspecified atom stereocenters. The van der Waals surface area contributed by atoms with Gasteiger partial charge in [0.2, 0.25) is 0 Å². The van der Waals surface area contributed by atoms with Crippen molar-refractivity contribution in [3.63, 3.8) is 0 Å². The van der Waals surface area contributed by atoms with Gasteiger partial charge in [-0.2, -0.15) is 0 Å². The lowest BCUT2D eigenvalue weighted by atomic mass is 10.2. The van der Waals surface area contributed by atoms with Crippen LogP contribution in [0.25, 0.3) is 0 Å². The van der Waals surface area contributed by atoms with Crippen LogP contribution in [0.3, 0.4) is 0 Å². The minimum absolute atomic E-state index is 0.0594. The summed E-state index contributed by atoms with van der Waals surface area (Å²) >= 11 is 3.39. The maximum atomic E-state index is 11.8. The lowest BCUT2D eigenvalue weighted by Gasteiger charge is -2.15. The third-order valence-electron chi connectivity index (χ3n) is 3.09. The van der Waals surface area contributed by atoms with Crippen molar-refractivity contribution in [3.05, 3.63) is 28.2 Å². The van der Waals surface area contributed by atoms with Gasteiger partial charge in [-0.3, -0.25) is 0 Å². The first kappa shape index (κ1) is 13.9. The van der Waals surface area contributed by atoms with Crippen molar-refractivity contribution >= 4 is 33.6 Å². The summed E-state index contributed by atoms with van der Waals surface area (Å²) < 4.78 is 0.795. The second-order valence-corrected chi connectivity index (χ2v) is 5.48. The first-order valence-corrected chi connectivity index (χ1v) is 6.84. The molecule has 5 nitrogen and oxygen atoms in total. The third kappa shape index (κ3) is 3.47. The summed E-state index contributed by atoms with van der Waals surface area (Å²) in [7, 11) is 0. The van der Waals surface area contributed by atoms with Gasteiger partial charge in [-0.1, -0.05) is 12.1 Å². The average molecular weight is 327 g/mol. The molecule has 0 bridgehead atoms. The maximum absolute atomic E-state index is 11.8. The van der Waals surface area contributed by atoms with Gasteiger partial charge in [-0.05, 0) is 53.2 Å². The Morgan fingerprint density at radius 1 is 1.42 bits per heavy atom. The Bertz CT molecular complexity index is 515. The first-order valence-electron chi connectivity index (χ1n) is 6.04. The SMILES string of the molecule is Cc1cccc(NC(=O)NC(C(=O)O)C2CC2)c1Br. The van der Waals surface area contributed by atoms with Gasteiger partial charge in [-0.15, -0.1) is 0 Å². The lowest BCUT2D eigenvalue weighted by Crippen LogP contribution is -2.44. The van der Waals surface area contributed by atoms with Crippen LogP contribution in [-0.4, -0.2) is 23.1 Å². The monoisotopic (exact) mass is 326 g/mol. The van der Waals surface area contributed by atoms with Gasteiger partial charge < -0.3 is 15.7 Å². The Labute approximate surface area is 119 Å². The molecule has 1 aliphatic carbocycles. The molecule has 6 heteroatoms. The van der Waals surface area contributed by atoms with E-state index < -0.39 is 18.0 Å². The van der Waals surface area contributed by atoms with E-state index in [-0.39, 0.29) is 5.92 Å². The van der Waals surface area contributed by atoms with E-state index in [1.54, 1.807) is 6.07 Å². The topological polar surface area (TPSA) is 78.4 Å². The number of nitrogens with one attached hydrogen (secondary N) is 2. The van der Waals surface area contributed by atoms with E-state index in [1.165, 1.54) is 0 Å². The Hall–Kier alpha value is -1.56. The van der Waals surface area contributed by atoms with E-state index >= 15 is 0 Å². The fourth-order valence-electron chi connectivity index (χ4n) is 1.85. The van der Waals surface area contributed by atoms with Crippen molar-refractivity contribution in [2.24, 2.45) is 5.92 Å². The molecule has 0 aromatic heterocycles. The van der Waals surface area contributed by atoms with Crippen LogP contribution < -0.4 is 10.6 Å². The predicted octanol–water partition coefficient (Wildman–Crippen LogP) is 2.74. The van der Waals surface area contributed by atoms with E-state index in [9.17, 15) is 9.59 Å². The molecule has 0 saturated heterocycles. The van der Waals surface area contributed by atoms with Crippen LogP contribution in [0.2, 0.25) is 0 Å². The Balaban J connectivity index is 2.00. The molecule has 19 heavy (non-hydrogen) atoms. The van der Waals surface area contributed by atoms with Gasteiger partial charge in [0.15, 0.2) is 0 Å². The summed E-state index contributed by atoms with van der Waals surface area (Å²) in [5.74, 6) is -0.926. The second kappa shape index (κ2) is 5.61. The van der Waals surface area contributed by atoms with Crippen molar-refractivity contribution in [3.8, 4) is 0 Å². The molecule has 1 fully saturated rings. The van der Waals surface area contributed by atoms with Gasteiger partial charge in [0.05, 0.1) is 5.69 Å². The standard InChI is InChI=1S/C13H15BrN2O3/c1-7-3-2-4-9(10(7)14)15-13(19)16-11(12(17)18)8-5-6-8/h2-4,8,11H,5-6H2,1H3,(H,17,18)(H2,15,16,19).